The molecule has 78 valence electrons. The molecule has 1 unspecified atom stereocenters. The molecule has 1 aromatic heterocycles. The number of halogens is 3. The second-order valence-corrected chi connectivity index (χ2v) is 3.46. The molecule has 1 aromatic rings. The highest BCUT2D eigenvalue weighted by Gasteiger charge is 2.39. The third kappa shape index (κ3) is 1.39. The number of nitrogens with one attached hydrogen (secondary N) is 1. The molecule has 6 heteroatoms. The lowest BCUT2D eigenvalue weighted by Gasteiger charge is -2.18. The average Bonchev–Trinajstić information content (AvgIpc) is 2.47. The molecule has 0 saturated heterocycles. The molecule has 0 saturated carbocycles. The van der Waals surface area contributed by atoms with Gasteiger partial charge in [-0.1, -0.05) is 0 Å². The summed E-state index contributed by atoms with van der Waals surface area (Å²) in [6, 6.07) is -0.331. The van der Waals surface area contributed by atoms with Crippen LogP contribution >= 0.6 is 0 Å². The summed E-state index contributed by atoms with van der Waals surface area (Å²) in [5.41, 5.74) is 5.56. The van der Waals surface area contributed by atoms with Gasteiger partial charge in [-0.3, -0.25) is 5.10 Å². The smallest absolute Gasteiger partial charge is 0.323 e. The Morgan fingerprint density at radius 2 is 2.14 bits per heavy atom. The fourth-order valence-electron chi connectivity index (χ4n) is 1.82. The maximum atomic E-state index is 12.4. The van der Waals surface area contributed by atoms with Crippen molar-refractivity contribution in [3.05, 3.63) is 17.0 Å². The Kier molecular flexibility index (Phi) is 2.02. The van der Waals surface area contributed by atoms with Crippen LogP contribution in [0.25, 0.3) is 0 Å². The molecular weight excluding hydrogens is 195 g/mol. The van der Waals surface area contributed by atoms with Crippen LogP contribution in [0.3, 0.4) is 0 Å². The molecule has 1 aliphatic rings. The summed E-state index contributed by atoms with van der Waals surface area (Å²) in [6.45, 7) is 0. The van der Waals surface area contributed by atoms with E-state index in [0.717, 1.165) is 0 Å². The summed E-state index contributed by atoms with van der Waals surface area (Å²) < 4.78 is 37.2. The molecule has 2 rings (SSSR count). The highest BCUT2D eigenvalue weighted by atomic mass is 19.4. The normalized spacial score (nSPS) is 22.1. The first-order valence-corrected chi connectivity index (χ1v) is 4.40. The zero-order valence-corrected chi connectivity index (χ0v) is 7.36. The zero-order chi connectivity index (χ0) is 10.3. The summed E-state index contributed by atoms with van der Waals surface area (Å²) >= 11 is 0. The van der Waals surface area contributed by atoms with Gasteiger partial charge in [0.15, 0.2) is 5.69 Å². The quantitative estimate of drug-likeness (QED) is 0.678. The van der Waals surface area contributed by atoms with Crippen molar-refractivity contribution in [2.45, 2.75) is 31.5 Å². The number of aromatic nitrogens is 2. The van der Waals surface area contributed by atoms with Crippen molar-refractivity contribution >= 4 is 0 Å². The number of fused-ring (bicyclic) bond motifs is 1. The minimum absolute atomic E-state index is 0.247. The first kappa shape index (κ1) is 9.51. The molecule has 3 N–H and O–H groups in total. The molecule has 1 aliphatic carbocycles. The van der Waals surface area contributed by atoms with E-state index in [0.29, 0.717) is 25.0 Å². The van der Waals surface area contributed by atoms with Gasteiger partial charge in [0, 0.05) is 11.6 Å². The fourth-order valence-corrected chi connectivity index (χ4v) is 1.82. The van der Waals surface area contributed by atoms with Crippen LogP contribution in [0, 0.1) is 0 Å². The first-order chi connectivity index (χ1) is 6.50. The van der Waals surface area contributed by atoms with Gasteiger partial charge in [-0.15, -0.1) is 0 Å². The van der Waals surface area contributed by atoms with Gasteiger partial charge in [-0.25, -0.2) is 0 Å². The van der Waals surface area contributed by atoms with Crippen molar-refractivity contribution in [1.82, 2.24) is 10.2 Å². The van der Waals surface area contributed by atoms with Crippen molar-refractivity contribution in [3.63, 3.8) is 0 Å². The van der Waals surface area contributed by atoms with Crippen molar-refractivity contribution < 1.29 is 13.2 Å². The zero-order valence-electron chi connectivity index (χ0n) is 7.36. The topological polar surface area (TPSA) is 54.7 Å². The molecule has 0 bridgehead atoms. The Bertz CT molecular complexity index is 342. The van der Waals surface area contributed by atoms with Gasteiger partial charge in [0.25, 0.3) is 0 Å². The lowest BCUT2D eigenvalue weighted by Crippen LogP contribution is -2.18. The highest BCUT2D eigenvalue weighted by Crippen LogP contribution is 2.36. The SMILES string of the molecule is NC1CCCc2c(C(F)(F)F)n[nH]c21. The molecule has 1 heterocycles. The van der Waals surface area contributed by atoms with E-state index in [2.05, 4.69) is 10.2 Å². The molecule has 0 fully saturated rings. The van der Waals surface area contributed by atoms with Crippen molar-refractivity contribution in [2.75, 3.05) is 0 Å². The maximum absolute atomic E-state index is 12.4. The molecule has 0 amide bonds. The van der Waals surface area contributed by atoms with Gasteiger partial charge in [0.1, 0.15) is 0 Å². The van der Waals surface area contributed by atoms with Crippen LogP contribution < -0.4 is 5.73 Å². The molecule has 0 aliphatic heterocycles. The number of alkyl halides is 3. The fraction of sp³-hybridized carbons (Fsp3) is 0.625. The van der Waals surface area contributed by atoms with E-state index in [1.165, 1.54) is 0 Å². The second kappa shape index (κ2) is 2.98. The monoisotopic (exact) mass is 205 g/mol. The number of H-pyrrole nitrogens is 1. The van der Waals surface area contributed by atoms with Crippen LogP contribution in [-0.4, -0.2) is 10.2 Å². The first-order valence-electron chi connectivity index (χ1n) is 4.40. The molecule has 1 atom stereocenters. The lowest BCUT2D eigenvalue weighted by atomic mass is 9.92. The predicted molar refractivity (Wildman–Crippen MR) is 43.5 cm³/mol. The minimum Gasteiger partial charge on any atom is -0.323 e. The van der Waals surface area contributed by atoms with Crippen molar-refractivity contribution in [2.24, 2.45) is 5.73 Å². The largest absolute Gasteiger partial charge is 0.435 e. The Hall–Kier alpha value is -1.04. The van der Waals surface area contributed by atoms with Crippen LogP contribution in [0.4, 0.5) is 13.2 Å². The number of aromatic amines is 1. The van der Waals surface area contributed by atoms with E-state index in [-0.39, 0.29) is 11.6 Å². The van der Waals surface area contributed by atoms with Gasteiger partial charge in [-0.05, 0) is 19.3 Å². The van der Waals surface area contributed by atoms with E-state index in [1.54, 1.807) is 0 Å². The Morgan fingerprint density at radius 3 is 2.79 bits per heavy atom. The van der Waals surface area contributed by atoms with Gasteiger partial charge in [-0.2, -0.15) is 18.3 Å². The lowest BCUT2D eigenvalue weighted by molar-refractivity contribution is -0.141. The van der Waals surface area contributed by atoms with E-state index >= 15 is 0 Å². The van der Waals surface area contributed by atoms with Crippen LogP contribution in [0.15, 0.2) is 0 Å². The van der Waals surface area contributed by atoms with Gasteiger partial charge in [0.05, 0.1) is 5.69 Å². The predicted octanol–water partition coefficient (Wildman–Crippen LogP) is 1.76. The number of rotatable bonds is 0. The van der Waals surface area contributed by atoms with Gasteiger partial charge < -0.3 is 5.73 Å². The molecule has 0 aromatic carbocycles. The van der Waals surface area contributed by atoms with E-state index < -0.39 is 11.9 Å². The maximum Gasteiger partial charge on any atom is 0.435 e. The summed E-state index contributed by atoms with van der Waals surface area (Å²) in [4.78, 5) is 0. The summed E-state index contributed by atoms with van der Waals surface area (Å²) in [7, 11) is 0. The second-order valence-electron chi connectivity index (χ2n) is 3.46. The number of nitrogens with zero attached hydrogens (tertiary/aromatic N) is 1. The van der Waals surface area contributed by atoms with E-state index in [1.807, 2.05) is 0 Å². The number of hydrogen-bond acceptors (Lipinski definition) is 2. The average molecular weight is 205 g/mol. The Balaban J connectivity index is 2.46. The molecule has 14 heavy (non-hydrogen) atoms. The molecule has 0 spiro atoms. The molecular formula is C8H10F3N3. The summed E-state index contributed by atoms with van der Waals surface area (Å²) in [6.07, 6.45) is -2.56. The minimum atomic E-state index is -4.37. The van der Waals surface area contributed by atoms with Crippen LogP contribution in [0.1, 0.15) is 35.8 Å². The van der Waals surface area contributed by atoms with Crippen LogP contribution in [-0.2, 0) is 12.6 Å². The van der Waals surface area contributed by atoms with Gasteiger partial charge in [0.2, 0.25) is 0 Å². The van der Waals surface area contributed by atoms with Crippen LogP contribution in [0.5, 0.6) is 0 Å². The summed E-state index contributed by atoms with van der Waals surface area (Å²) in [5.74, 6) is 0. The van der Waals surface area contributed by atoms with Gasteiger partial charge >= 0.3 is 6.18 Å². The summed E-state index contributed by atoms with van der Waals surface area (Å²) in [5, 5.41) is 5.68. The number of hydrogen-bond donors (Lipinski definition) is 2. The third-order valence-electron chi connectivity index (χ3n) is 2.48. The van der Waals surface area contributed by atoms with Crippen molar-refractivity contribution in [3.8, 4) is 0 Å². The molecule has 0 radical (unpaired) electrons. The van der Waals surface area contributed by atoms with E-state index in [9.17, 15) is 13.2 Å². The Morgan fingerprint density at radius 1 is 1.43 bits per heavy atom. The Labute approximate surface area is 78.5 Å². The number of nitrogens with two attached hydrogens (primary N) is 1. The standard InChI is InChI=1S/C8H10F3N3/c9-8(10,11)7-4-2-1-3-5(12)6(4)13-14-7/h5H,1-3,12H2,(H,13,14). The van der Waals surface area contributed by atoms with Crippen LogP contribution in [0.2, 0.25) is 0 Å². The third-order valence-corrected chi connectivity index (χ3v) is 2.48. The van der Waals surface area contributed by atoms with Crippen molar-refractivity contribution in [1.29, 1.82) is 0 Å². The highest BCUT2D eigenvalue weighted by molar-refractivity contribution is 5.31. The molecule has 3 nitrogen and oxygen atoms in total. The van der Waals surface area contributed by atoms with E-state index in [4.69, 9.17) is 5.73 Å².